The highest BCUT2D eigenvalue weighted by Crippen LogP contribution is 2.53. The number of halogens is 3. The van der Waals surface area contributed by atoms with Gasteiger partial charge in [-0.2, -0.15) is 13.2 Å². The Morgan fingerprint density at radius 1 is 0.367 bits per heavy atom. The van der Waals surface area contributed by atoms with E-state index in [0.29, 0.717) is 62.6 Å². The Morgan fingerprint density at radius 3 is 1.26 bits per heavy atom. The quantitative estimate of drug-likeness (QED) is 0.144. The van der Waals surface area contributed by atoms with Crippen LogP contribution >= 0.6 is 35.3 Å². The number of anilines is 8. The van der Waals surface area contributed by atoms with Crippen molar-refractivity contribution < 1.29 is 21.6 Å². The van der Waals surface area contributed by atoms with Crippen molar-refractivity contribution in [3.63, 3.8) is 0 Å². The lowest BCUT2D eigenvalue weighted by molar-refractivity contribution is -0.118. The van der Waals surface area contributed by atoms with Crippen molar-refractivity contribution in [2.75, 3.05) is 40.2 Å². The number of sulfone groups is 1. The minimum atomic E-state index is -4.26. The Kier molecular flexibility index (Phi) is 21.1. The maximum absolute atomic E-state index is 13.2. The third-order valence-corrected chi connectivity index (χ3v) is 22.5. The van der Waals surface area contributed by atoms with Gasteiger partial charge in [0.15, 0.2) is 0 Å². The average molecular weight is 1290 g/mol. The monoisotopic (exact) mass is 1290 g/mol. The number of benzene rings is 8. The molecule has 6 nitrogen and oxygen atoms in total. The minimum Gasteiger partial charge on any atom is -0.354 e. The number of fused-ring (bicyclic) bond motifs is 8. The van der Waals surface area contributed by atoms with Gasteiger partial charge in [0.25, 0.3) is 0 Å². The van der Waals surface area contributed by atoms with Gasteiger partial charge in [0, 0.05) is 43.0 Å². The fourth-order valence-corrected chi connectivity index (χ4v) is 16.4. The molecule has 476 valence electrons. The summed E-state index contributed by atoms with van der Waals surface area (Å²) in [6.07, 6.45) is -4.26. The van der Waals surface area contributed by atoms with Crippen LogP contribution in [0.2, 0.25) is 0 Å². The normalized spacial score (nSPS) is 14.1. The molecular formula is C77H91F3N4O2S4. The highest BCUT2D eigenvalue weighted by Gasteiger charge is 2.37. The summed E-state index contributed by atoms with van der Waals surface area (Å²) in [7, 11) is -1.31. The first kappa shape index (κ1) is 68.1. The largest absolute Gasteiger partial charge is 0.406 e. The summed E-state index contributed by atoms with van der Waals surface area (Å²) in [5.41, 5.74) is 18.0. The molecule has 4 heterocycles. The molecule has 4 aliphatic rings. The molecule has 0 unspecified atom stereocenters. The van der Waals surface area contributed by atoms with Crippen molar-refractivity contribution in [3.8, 4) is 0 Å². The Labute approximate surface area is 549 Å². The van der Waals surface area contributed by atoms with Crippen molar-refractivity contribution in [2.45, 2.75) is 210 Å². The van der Waals surface area contributed by atoms with Crippen LogP contribution in [0.5, 0.6) is 0 Å². The zero-order valence-electron chi connectivity index (χ0n) is 55.8. The molecule has 8 aromatic rings. The smallest absolute Gasteiger partial charge is 0.354 e. The summed E-state index contributed by atoms with van der Waals surface area (Å²) >= 11 is 5.32. The van der Waals surface area contributed by atoms with E-state index in [1.807, 2.05) is 90.3 Å². The van der Waals surface area contributed by atoms with Crippen molar-refractivity contribution in [1.29, 1.82) is 0 Å². The van der Waals surface area contributed by atoms with Crippen LogP contribution in [-0.4, -0.2) is 34.7 Å². The van der Waals surface area contributed by atoms with E-state index < -0.39 is 22.6 Å². The van der Waals surface area contributed by atoms with E-state index in [0.717, 1.165) is 50.0 Å². The first-order valence-corrected chi connectivity index (χ1v) is 35.9. The molecular weight excluding hydrogens is 1200 g/mol. The summed E-state index contributed by atoms with van der Waals surface area (Å²) < 4.78 is 66.1. The van der Waals surface area contributed by atoms with Gasteiger partial charge in [-0.25, -0.2) is 8.42 Å². The second-order valence-corrected chi connectivity index (χ2v) is 31.7. The Morgan fingerprint density at radius 2 is 0.744 bits per heavy atom. The fourth-order valence-electron chi connectivity index (χ4n) is 11.4. The highest BCUT2D eigenvalue weighted by molar-refractivity contribution is 8.00. The number of nitrogens with zero attached hydrogens (tertiary/aromatic N) is 3. The van der Waals surface area contributed by atoms with Crippen LogP contribution in [0.4, 0.5) is 58.7 Å². The molecule has 8 aromatic carbocycles. The molecule has 90 heavy (non-hydrogen) atoms. The van der Waals surface area contributed by atoms with Gasteiger partial charge in [-0.05, 0) is 196 Å². The van der Waals surface area contributed by atoms with Crippen molar-refractivity contribution in [1.82, 2.24) is 0 Å². The molecule has 12 rings (SSSR count). The minimum absolute atomic E-state index is 0.271. The molecule has 13 heteroatoms. The molecule has 0 saturated carbocycles. The molecule has 0 saturated heterocycles. The summed E-state index contributed by atoms with van der Waals surface area (Å²) in [4.78, 5) is 13.9. The first-order chi connectivity index (χ1) is 42.4. The van der Waals surface area contributed by atoms with Crippen molar-refractivity contribution >= 4 is 90.6 Å². The molecule has 0 amide bonds. The number of rotatable bonds is 10. The lowest BCUT2D eigenvalue weighted by atomic mass is 10.0. The number of alkyl halides is 3. The Hall–Kier alpha value is -6.25. The SMILES string of the molecule is CC(C)c1ccc2c(c1)Nc1ccc(C(C)C)cc1S2.CC(C)c1ccc2c(c1)Sc1ccc(C(C)C)cc1N2C.CC(C)c1ccc2c(c1)Sc1ccc(C(C)C)cc1N2CC(F)(F)F.CCN1c2cc(C(C)C)ccc2S(=O)(=O)c2cc(C(C)C)ccc21. The molecule has 0 spiro atoms. The zero-order valence-corrected chi connectivity index (χ0v) is 59.1. The standard InChI is InChI=1S/C20H22F3NS.C20H25NO2S.C19H23NS.C18H21NS/c1-12(2)14-6-8-18-17(9-14)24(11-20(21,22)23)16-7-5-15(13(3)4)10-19(16)25-18;1-6-21-17-9-7-16(14(4)5)12-20(17)24(22,23)19-10-8-15(13(2)3)11-18(19)21;1-12(2)14-7-9-18-17(10-14)20(5)16-8-6-15(13(3)4)11-19(16)21-18;1-11(2)13-6-8-17-16(9-13)19-15-7-5-14(12(3)4)10-18(15)20-17/h5-10,12-13H,11H2,1-4H3;7-14H,6H2,1-5H3;6-13H,1-5H3;5-12,19H,1-4H3. The molecule has 0 radical (unpaired) electrons. The number of hydrogen-bond acceptors (Lipinski definition) is 9. The first-order valence-electron chi connectivity index (χ1n) is 32.0. The maximum Gasteiger partial charge on any atom is 0.406 e. The number of hydrogen-bond donors (Lipinski definition) is 1. The van der Waals surface area contributed by atoms with E-state index >= 15 is 0 Å². The van der Waals surface area contributed by atoms with Gasteiger partial charge in [0.2, 0.25) is 9.84 Å². The number of nitrogens with one attached hydrogen (secondary N) is 1. The Balaban J connectivity index is 0.000000143. The lowest BCUT2D eigenvalue weighted by Gasteiger charge is -2.34. The fraction of sp³-hybridized carbons (Fsp3) is 0.377. The maximum atomic E-state index is 13.2. The molecule has 0 fully saturated rings. The zero-order chi connectivity index (χ0) is 65.4. The Bertz CT molecular complexity index is 3960. The molecule has 0 atom stereocenters. The van der Waals surface area contributed by atoms with Gasteiger partial charge >= 0.3 is 6.18 Å². The second-order valence-electron chi connectivity index (χ2n) is 26.6. The highest BCUT2D eigenvalue weighted by atomic mass is 32.2. The van der Waals surface area contributed by atoms with Gasteiger partial charge in [0.1, 0.15) is 6.54 Å². The van der Waals surface area contributed by atoms with Crippen LogP contribution in [0.25, 0.3) is 0 Å². The van der Waals surface area contributed by atoms with E-state index in [1.165, 1.54) is 69.5 Å². The topological polar surface area (TPSA) is 55.9 Å². The predicted octanol–water partition coefficient (Wildman–Crippen LogP) is 24.6. The third kappa shape index (κ3) is 15.0. The van der Waals surface area contributed by atoms with Crippen LogP contribution in [0, 0.1) is 0 Å². The molecule has 0 aliphatic carbocycles. The van der Waals surface area contributed by atoms with Crippen LogP contribution in [0.15, 0.2) is 185 Å². The van der Waals surface area contributed by atoms with E-state index in [9.17, 15) is 21.6 Å². The molecule has 4 aliphatic heterocycles. The third-order valence-electron chi connectivity index (χ3n) is 17.3. The second kappa shape index (κ2) is 27.9. The van der Waals surface area contributed by atoms with Crippen molar-refractivity contribution in [3.05, 3.63) is 190 Å². The molecule has 1 N–H and O–H groups in total. The molecule has 0 aromatic heterocycles. The average Bonchev–Trinajstić information content (AvgIpc) is 0.957. The predicted molar refractivity (Wildman–Crippen MR) is 379 cm³/mol. The van der Waals surface area contributed by atoms with Gasteiger partial charge in [0.05, 0.1) is 55.3 Å². The van der Waals surface area contributed by atoms with E-state index in [1.54, 1.807) is 17.8 Å². The summed E-state index contributed by atoms with van der Waals surface area (Å²) in [6, 6.07) is 50.5. The summed E-state index contributed by atoms with van der Waals surface area (Å²) in [5, 5.41) is 3.58. The van der Waals surface area contributed by atoms with E-state index in [2.05, 4.69) is 213 Å². The van der Waals surface area contributed by atoms with Gasteiger partial charge < -0.3 is 20.0 Å². The molecule has 0 bridgehead atoms. The van der Waals surface area contributed by atoms with E-state index in [4.69, 9.17) is 0 Å². The van der Waals surface area contributed by atoms with Crippen LogP contribution in [0.3, 0.4) is 0 Å². The van der Waals surface area contributed by atoms with Crippen molar-refractivity contribution in [2.24, 2.45) is 0 Å². The van der Waals surface area contributed by atoms with Crippen LogP contribution in [-0.2, 0) is 9.84 Å². The van der Waals surface area contributed by atoms with Crippen LogP contribution < -0.4 is 20.0 Å². The van der Waals surface area contributed by atoms with E-state index in [-0.39, 0.29) is 5.92 Å². The summed E-state index contributed by atoms with van der Waals surface area (Å²) in [5.74, 6) is 3.55. The van der Waals surface area contributed by atoms with Gasteiger partial charge in [-0.15, -0.1) is 0 Å². The summed E-state index contributed by atoms with van der Waals surface area (Å²) in [6.45, 7) is 36.5. The van der Waals surface area contributed by atoms with Gasteiger partial charge in [-0.3, -0.25) is 0 Å². The van der Waals surface area contributed by atoms with Gasteiger partial charge in [-0.1, -0.05) is 195 Å². The van der Waals surface area contributed by atoms with Crippen LogP contribution in [0.1, 0.15) is 210 Å². The lowest BCUT2D eigenvalue weighted by Crippen LogP contribution is -2.32.